The Balaban J connectivity index is 1.71. The summed E-state index contributed by atoms with van der Waals surface area (Å²) in [7, 11) is 0. The first-order valence-electron chi connectivity index (χ1n) is 8.21. The van der Waals surface area contributed by atoms with Gasteiger partial charge in [0.15, 0.2) is 0 Å². The van der Waals surface area contributed by atoms with Crippen molar-refractivity contribution in [3.05, 3.63) is 66.4 Å². The topological polar surface area (TPSA) is 78.9 Å². The first-order valence-corrected chi connectivity index (χ1v) is 8.21. The number of rotatable bonds is 5. The molecular weight excluding hydrogens is 371 g/mol. The summed E-state index contributed by atoms with van der Waals surface area (Å²) in [5, 5.41) is 8.49. The number of aromatic nitrogens is 2. The molecule has 2 aromatic carbocycles. The maximum absolute atomic E-state index is 12.8. The minimum absolute atomic E-state index is 0.169. The number of benzene rings is 2. The molecule has 144 valence electrons. The number of hydrogen-bond acceptors (Lipinski definition) is 5. The zero-order chi connectivity index (χ0) is 20.1. The summed E-state index contributed by atoms with van der Waals surface area (Å²) in [6, 6.07) is 13.3. The summed E-state index contributed by atoms with van der Waals surface area (Å²) in [6.45, 7) is 1.42. The molecule has 0 saturated carbocycles. The van der Waals surface area contributed by atoms with E-state index in [4.69, 9.17) is 0 Å². The van der Waals surface area contributed by atoms with Crippen molar-refractivity contribution < 1.29 is 18.0 Å². The number of alkyl halides is 3. The van der Waals surface area contributed by atoms with Crippen LogP contribution in [0.5, 0.6) is 0 Å². The van der Waals surface area contributed by atoms with E-state index in [-0.39, 0.29) is 17.5 Å². The van der Waals surface area contributed by atoms with Crippen LogP contribution in [0.15, 0.2) is 60.8 Å². The van der Waals surface area contributed by atoms with Gasteiger partial charge in [0.2, 0.25) is 11.9 Å². The van der Waals surface area contributed by atoms with Crippen LogP contribution in [0.25, 0.3) is 0 Å². The number of hydrogen-bond donors (Lipinski definition) is 3. The number of amides is 1. The Morgan fingerprint density at radius 1 is 0.929 bits per heavy atom. The molecule has 3 aromatic rings. The number of carbonyl (C=O) groups excluding carboxylic acids is 1. The predicted molar refractivity (Wildman–Crippen MR) is 101 cm³/mol. The van der Waals surface area contributed by atoms with Gasteiger partial charge in [0, 0.05) is 30.2 Å². The standard InChI is InChI=1S/C19H16F3N5O/c1-12(28)24-14-5-7-15(8-6-14)26-18-23-10-9-17(27-18)25-16-4-2-3-13(11-16)19(20,21)22/h2-11H,1H3,(H,24,28)(H2,23,25,26,27). The number of nitrogens with one attached hydrogen (secondary N) is 3. The molecule has 28 heavy (non-hydrogen) atoms. The Hall–Kier alpha value is -3.62. The summed E-state index contributed by atoms with van der Waals surface area (Å²) in [6.07, 6.45) is -2.93. The van der Waals surface area contributed by atoms with Crippen molar-refractivity contribution >= 4 is 34.7 Å². The first kappa shape index (κ1) is 19.2. The SMILES string of the molecule is CC(=O)Nc1ccc(Nc2nccc(Nc3cccc(C(F)(F)F)c3)n2)cc1. The van der Waals surface area contributed by atoms with Gasteiger partial charge in [-0.2, -0.15) is 18.2 Å². The molecular formula is C19H16F3N5O. The molecule has 0 spiro atoms. The van der Waals surface area contributed by atoms with Gasteiger partial charge in [-0.25, -0.2) is 4.98 Å². The van der Waals surface area contributed by atoms with E-state index < -0.39 is 11.7 Å². The van der Waals surface area contributed by atoms with E-state index in [2.05, 4.69) is 25.9 Å². The molecule has 1 amide bonds. The van der Waals surface area contributed by atoms with Crippen molar-refractivity contribution in [2.24, 2.45) is 0 Å². The molecule has 0 aliphatic heterocycles. The number of carbonyl (C=O) groups is 1. The van der Waals surface area contributed by atoms with Crippen LogP contribution in [0.1, 0.15) is 12.5 Å². The van der Waals surface area contributed by atoms with Crippen LogP contribution >= 0.6 is 0 Å². The number of nitrogens with zero attached hydrogens (tertiary/aromatic N) is 2. The van der Waals surface area contributed by atoms with Gasteiger partial charge in [-0.3, -0.25) is 4.79 Å². The summed E-state index contributed by atoms with van der Waals surface area (Å²) >= 11 is 0. The van der Waals surface area contributed by atoms with Gasteiger partial charge < -0.3 is 16.0 Å². The predicted octanol–water partition coefficient (Wildman–Crippen LogP) is 4.94. The second-order valence-corrected chi connectivity index (χ2v) is 5.85. The average Bonchev–Trinajstić information content (AvgIpc) is 2.63. The zero-order valence-electron chi connectivity index (χ0n) is 14.7. The molecule has 0 atom stereocenters. The van der Waals surface area contributed by atoms with Crippen molar-refractivity contribution in [1.82, 2.24) is 9.97 Å². The Kier molecular flexibility index (Phi) is 5.44. The quantitative estimate of drug-likeness (QED) is 0.578. The van der Waals surface area contributed by atoms with Crippen LogP contribution in [0.4, 0.5) is 42.0 Å². The molecule has 6 nitrogen and oxygen atoms in total. The molecule has 0 saturated heterocycles. The van der Waals surface area contributed by atoms with Crippen molar-refractivity contribution in [3.8, 4) is 0 Å². The molecule has 3 N–H and O–H groups in total. The fourth-order valence-corrected chi connectivity index (χ4v) is 2.38. The highest BCUT2D eigenvalue weighted by Gasteiger charge is 2.30. The van der Waals surface area contributed by atoms with Gasteiger partial charge in [0.1, 0.15) is 5.82 Å². The minimum atomic E-state index is -4.42. The Bertz CT molecular complexity index is 974. The second kappa shape index (κ2) is 7.95. The average molecular weight is 387 g/mol. The molecule has 1 heterocycles. The highest BCUT2D eigenvalue weighted by atomic mass is 19.4. The lowest BCUT2D eigenvalue weighted by molar-refractivity contribution is -0.137. The summed E-state index contributed by atoms with van der Waals surface area (Å²) < 4.78 is 38.5. The van der Waals surface area contributed by atoms with E-state index in [1.165, 1.54) is 25.3 Å². The molecule has 0 radical (unpaired) electrons. The van der Waals surface area contributed by atoms with E-state index in [0.717, 1.165) is 12.1 Å². The Morgan fingerprint density at radius 2 is 1.64 bits per heavy atom. The summed E-state index contributed by atoms with van der Waals surface area (Å²) in [5.74, 6) is 0.438. The van der Waals surface area contributed by atoms with Crippen LogP contribution in [-0.4, -0.2) is 15.9 Å². The highest BCUT2D eigenvalue weighted by molar-refractivity contribution is 5.88. The fraction of sp³-hybridized carbons (Fsp3) is 0.105. The molecule has 0 bridgehead atoms. The van der Waals surface area contributed by atoms with Gasteiger partial charge in [-0.15, -0.1) is 0 Å². The third-order valence-corrected chi connectivity index (χ3v) is 3.58. The fourth-order valence-electron chi connectivity index (χ4n) is 2.38. The number of anilines is 5. The monoisotopic (exact) mass is 387 g/mol. The zero-order valence-corrected chi connectivity index (χ0v) is 14.7. The molecule has 0 fully saturated rings. The second-order valence-electron chi connectivity index (χ2n) is 5.85. The maximum atomic E-state index is 12.8. The van der Waals surface area contributed by atoms with E-state index in [1.54, 1.807) is 30.3 Å². The van der Waals surface area contributed by atoms with Crippen LogP contribution < -0.4 is 16.0 Å². The van der Waals surface area contributed by atoms with E-state index in [0.29, 0.717) is 17.2 Å². The van der Waals surface area contributed by atoms with Gasteiger partial charge in [-0.1, -0.05) is 6.07 Å². The van der Waals surface area contributed by atoms with Gasteiger partial charge in [-0.05, 0) is 48.5 Å². The molecule has 0 aliphatic carbocycles. The van der Waals surface area contributed by atoms with E-state index in [1.807, 2.05) is 0 Å². The van der Waals surface area contributed by atoms with Crippen molar-refractivity contribution in [2.45, 2.75) is 13.1 Å². The maximum Gasteiger partial charge on any atom is 0.416 e. The molecule has 3 rings (SSSR count). The molecule has 0 aliphatic rings. The summed E-state index contributed by atoms with van der Waals surface area (Å²) in [5.41, 5.74) is 0.854. The van der Waals surface area contributed by atoms with Gasteiger partial charge >= 0.3 is 6.18 Å². The minimum Gasteiger partial charge on any atom is -0.340 e. The van der Waals surface area contributed by atoms with Crippen molar-refractivity contribution in [2.75, 3.05) is 16.0 Å². The lowest BCUT2D eigenvalue weighted by Gasteiger charge is -2.11. The van der Waals surface area contributed by atoms with Crippen LogP contribution in [0.2, 0.25) is 0 Å². The van der Waals surface area contributed by atoms with Crippen LogP contribution in [-0.2, 0) is 11.0 Å². The van der Waals surface area contributed by atoms with E-state index in [9.17, 15) is 18.0 Å². The third-order valence-electron chi connectivity index (χ3n) is 3.58. The van der Waals surface area contributed by atoms with Crippen molar-refractivity contribution in [3.63, 3.8) is 0 Å². The van der Waals surface area contributed by atoms with Gasteiger partial charge in [0.05, 0.1) is 5.56 Å². The molecule has 9 heteroatoms. The third kappa shape index (κ3) is 5.19. The molecule has 1 aromatic heterocycles. The summed E-state index contributed by atoms with van der Waals surface area (Å²) in [4.78, 5) is 19.4. The van der Waals surface area contributed by atoms with Gasteiger partial charge in [0.25, 0.3) is 0 Å². The smallest absolute Gasteiger partial charge is 0.340 e. The lowest BCUT2D eigenvalue weighted by Crippen LogP contribution is -2.06. The Labute approximate surface area is 158 Å². The first-order chi connectivity index (χ1) is 13.3. The number of halogens is 3. The highest BCUT2D eigenvalue weighted by Crippen LogP contribution is 2.31. The largest absolute Gasteiger partial charge is 0.416 e. The van der Waals surface area contributed by atoms with Crippen LogP contribution in [0, 0.1) is 0 Å². The lowest BCUT2D eigenvalue weighted by atomic mass is 10.2. The van der Waals surface area contributed by atoms with E-state index >= 15 is 0 Å². The van der Waals surface area contributed by atoms with Crippen molar-refractivity contribution in [1.29, 1.82) is 0 Å². The van der Waals surface area contributed by atoms with Crippen LogP contribution in [0.3, 0.4) is 0 Å². The normalized spacial score (nSPS) is 11.0. The Morgan fingerprint density at radius 3 is 2.32 bits per heavy atom. The molecule has 0 unspecified atom stereocenters.